The predicted molar refractivity (Wildman–Crippen MR) is 47.6 cm³/mol. The van der Waals surface area contributed by atoms with Crippen LogP contribution in [0.25, 0.3) is 0 Å². The molecule has 0 saturated carbocycles. The van der Waals surface area contributed by atoms with Crippen LogP contribution in [0.1, 0.15) is 5.56 Å². The maximum atomic E-state index is 12.5. The van der Waals surface area contributed by atoms with Gasteiger partial charge in [-0.15, -0.1) is 5.10 Å². The Kier molecular flexibility index (Phi) is 2.91. The molecule has 0 radical (unpaired) electrons. The fourth-order valence-corrected chi connectivity index (χ4v) is 0.661. The average Bonchev–Trinajstić information content (AvgIpc) is 2.03. The third-order valence-corrected chi connectivity index (χ3v) is 1.11. The molecule has 1 rings (SSSR count). The number of guanidine groups is 1. The minimum atomic E-state index is -0.436. The van der Waals surface area contributed by atoms with Crippen LogP contribution in [0.5, 0.6) is 0 Å². The number of hydrogen-bond donors (Lipinski definition) is 2. The van der Waals surface area contributed by atoms with Gasteiger partial charge in [-0.2, -0.15) is 5.10 Å². The summed E-state index contributed by atoms with van der Waals surface area (Å²) >= 11 is 0. The molecule has 0 aliphatic carbocycles. The van der Waals surface area contributed by atoms with Crippen molar-refractivity contribution in [3.8, 4) is 0 Å². The number of halogens is 1. The third-order valence-electron chi connectivity index (χ3n) is 1.11. The standard InChI is InChI=1S/C7H8FN5/c8-6-1-5(2-11-4-6)3-12-13-7(9)10/h1-4H,(H4,9,10,13)/b12-3+. The Morgan fingerprint density at radius 1 is 1.46 bits per heavy atom. The summed E-state index contributed by atoms with van der Waals surface area (Å²) in [4.78, 5) is 3.60. The van der Waals surface area contributed by atoms with Crippen LogP contribution in [0.15, 0.2) is 28.7 Å². The van der Waals surface area contributed by atoms with Gasteiger partial charge < -0.3 is 11.5 Å². The molecule has 0 aliphatic heterocycles. The quantitative estimate of drug-likeness (QED) is 0.377. The van der Waals surface area contributed by atoms with Gasteiger partial charge in [0.25, 0.3) is 0 Å². The first-order chi connectivity index (χ1) is 6.18. The third kappa shape index (κ3) is 3.28. The van der Waals surface area contributed by atoms with Crippen molar-refractivity contribution in [3.05, 3.63) is 29.8 Å². The first-order valence-electron chi connectivity index (χ1n) is 3.41. The Bertz CT molecular complexity index is 342. The molecular formula is C7H8FN5. The Morgan fingerprint density at radius 2 is 2.23 bits per heavy atom. The lowest BCUT2D eigenvalue weighted by molar-refractivity contribution is 0.621. The predicted octanol–water partition coefficient (Wildman–Crippen LogP) is -0.172. The van der Waals surface area contributed by atoms with Crippen LogP contribution in [0.4, 0.5) is 4.39 Å². The van der Waals surface area contributed by atoms with E-state index in [-0.39, 0.29) is 5.96 Å². The normalized spacial score (nSPS) is 10.2. The summed E-state index contributed by atoms with van der Waals surface area (Å²) in [7, 11) is 0. The molecule has 1 aromatic heterocycles. The molecule has 0 aromatic carbocycles. The lowest BCUT2D eigenvalue weighted by atomic mass is 10.3. The van der Waals surface area contributed by atoms with Crippen LogP contribution < -0.4 is 11.5 Å². The number of nitrogens with zero attached hydrogens (tertiary/aromatic N) is 3. The van der Waals surface area contributed by atoms with Crippen molar-refractivity contribution in [3.63, 3.8) is 0 Å². The molecule has 13 heavy (non-hydrogen) atoms. The van der Waals surface area contributed by atoms with E-state index in [9.17, 15) is 4.39 Å². The van der Waals surface area contributed by atoms with Gasteiger partial charge in [0.15, 0.2) is 0 Å². The van der Waals surface area contributed by atoms with Gasteiger partial charge in [0.05, 0.1) is 12.4 Å². The highest BCUT2D eigenvalue weighted by Gasteiger charge is 1.90. The molecule has 0 spiro atoms. The fraction of sp³-hybridized carbons (Fsp3) is 0. The van der Waals surface area contributed by atoms with Gasteiger partial charge in [-0.05, 0) is 6.07 Å². The van der Waals surface area contributed by atoms with Crippen molar-refractivity contribution in [2.24, 2.45) is 21.7 Å². The first kappa shape index (κ1) is 9.11. The van der Waals surface area contributed by atoms with Crippen LogP contribution in [0.2, 0.25) is 0 Å². The second-order valence-corrected chi connectivity index (χ2v) is 2.21. The average molecular weight is 181 g/mol. The highest BCUT2D eigenvalue weighted by atomic mass is 19.1. The van der Waals surface area contributed by atoms with Crippen molar-refractivity contribution in [2.75, 3.05) is 0 Å². The number of aromatic nitrogens is 1. The van der Waals surface area contributed by atoms with E-state index in [0.29, 0.717) is 5.56 Å². The van der Waals surface area contributed by atoms with Crippen LogP contribution in [-0.2, 0) is 0 Å². The molecule has 4 N–H and O–H groups in total. The Morgan fingerprint density at radius 3 is 2.85 bits per heavy atom. The van der Waals surface area contributed by atoms with E-state index >= 15 is 0 Å². The highest BCUT2D eigenvalue weighted by Crippen LogP contribution is 1.97. The molecular weight excluding hydrogens is 173 g/mol. The molecule has 0 atom stereocenters. The molecule has 0 unspecified atom stereocenters. The summed E-state index contributed by atoms with van der Waals surface area (Å²) in [6.07, 6.45) is 3.84. The summed E-state index contributed by atoms with van der Waals surface area (Å²) in [6.45, 7) is 0. The summed E-state index contributed by atoms with van der Waals surface area (Å²) in [5, 5.41) is 6.83. The maximum Gasteiger partial charge on any atom is 0.211 e. The number of hydrogen-bond acceptors (Lipinski definition) is 3. The summed E-state index contributed by atoms with van der Waals surface area (Å²) in [6, 6.07) is 1.26. The van der Waals surface area contributed by atoms with Gasteiger partial charge in [-0.25, -0.2) is 4.39 Å². The van der Waals surface area contributed by atoms with Gasteiger partial charge >= 0.3 is 0 Å². The number of nitrogens with two attached hydrogens (primary N) is 2. The van der Waals surface area contributed by atoms with Crippen molar-refractivity contribution >= 4 is 12.2 Å². The molecule has 68 valence electrons. The largest absolute Gasteiger partial charge is 0.369 e. The summed E-state index contributed by atoms with van der Waals surface area (Å²) in [5.41, 5.74) is 10.5. The molecule has 6 heteroatoms. The van der Waals surface area contributed by atoms with E-state index < -0.39 is 5.82 Å². The highest BCUT2D eigenvalue weighted by molar-refractivity contribution is 5.81. The summed E-state index contributed by atoms with van der Waals surface area (Å²) in [5.74, 6) is -0.589. The molecule has 1 aromatic rings. The number of rotatable bonds is 2. The van der Waals surface area contributed by atoms with Crippen LogP contribution in [0, 0.1) is 5.82 Å². The van der Waals surface area contributed by atoms with E-state index in [2.05, 4.69) is 15.2 Å². The zero-order valence-corrected chi connectivity index (χ0v) is 6.68. The van der Waals surface area contributed by atoms with Gasteiger partial charge in [0.2, 0.25) is 5.96 Å². The van der Waals surface area contributed by atoms with Gasteiger partial charge in [-0.1, -0.05) is 0 Å². The van der Waals surface area contributed by atoms with Gasteiger partial charge in [0, 0.05) is 11.8 Å². The Balaban J connectivity index is 2.75. The van der Waals surface area contributed by atoms with Gasteiger partial charge in [0.1, 0.15) is 5.82 Å². The molecule has 0 amide bonds. The van der Waals surface area contributed by atoms with Crippen molar-refractivity contribution in [1.29, 1.82) is 0 Å². The van der Waals surface area contributed by atoms with Gasteiger partial charge in [-0.3, -0.25) is 4.98 Å². The minimum Gasteiger partial charge on any atom is -0.369 e. The van der Waals surface area contributed by atoms with Crippen LogP contribution in [-0.4, -0.2) is 17.2 Å². The molecule has 0 fully saturated rings. The topological polar surface area (TPSA) is 89.7 Å². The molecule has 0 aliphatic rings. The first-order valence-corrected chi connectivity index (χ1v) is 3.41. The van der Waals surface area contributed by atoms with E-state index in [1.165, 1.54) is 18.5 Å². The monoisotopic (exact) mass is 181 g/mol. The van der Waals surface area contributed by atoms with Crippen LogP contribution >= 0.6 is 0 Å². The molecule has 5 nitrogen and oxygen atoms in total. The van der Waals surface area contributed by atoms with E-state index in [1.807, 2.05) is 0 Å². The summed E-state index contributed by atoms with van der Waals surface area (Å²) < 4.78 is 12.5. The SMILES string of the molecule is NC(N)=N/N=C/c1cncc(F)c1. The lowest BCUT2D eigenvalue weighted by Crippen LogP contribution is -2.21. The van der Waals surface area contributed by atoms with E-state index in [4.69, 9.17) is 11.5 Å². The second kappa shape index (κ2) is 4.15. The zero-order chi connectivity index (χ0) is 9.68. The fourth-order valence-electron chi connectivity index (χ4n) is 0.661. The maximum absolute atomic E-state index is 12.5. The molecule has 1 heterocycles. The van der Waals surface area contributed by atoms with E-state index in [1.54, 1.807) is 0 Å². The smallest absolute Gasteiger partial charge is 0.211 e. The second-order valence-electron chi connectivity index (χ2n) is 2.21. The lowest BCUT2D eigenvalue weighted by Gasteiger charge is -1.89. The van der Waals surface area contributed by atoms with Crippen LogP contribution in [0.3, 0.4) is 0 Å². The van der Waals surface area contributed by atoms with Crippen molar-refractivity contribution < 1.29 is 4.39 Å². The van der Waals surface area contributed by atoms with Crippen molar-refractivity contribution in [1.82, 2.24) is 4.98 Å². The number of pyridine rings is 1. The van der Waals surface area contributed by atoms with E-state index in [0.717, 1.165) is 6.20 Å². The Labute approximate surface area is 74.0 Å². The molecule has 0 bridgehead atoms. The zero-order valence-electron chi connectivity index (χ0n) is 6.68. The molecule has 0 saturated heterocycles. The Hall–Kier alpha value is -1.98. The minimum absolute atomic E-state index is 0.152. The van der Waals surface area contributed by atoms with Crippen molar-refractivity contribution in [2.45, 2.75) is 0 Å².